The quantitative estimate of drug-likeness (QED) is 0.784. The minimum absolute atomic E-state index is 0.132. The molecule has 0 saturated heterocycles. The number of methoxy groups -OCH3 is 1. The standard InChI is InChI=1S/C16H20N2O2/c1-12(16(19)20-3)10-18(2)11-14-7-4-6-13-8-5-9-17-15(13)14/h4-9,12H,10-11H2,1-3H3. The molecule has 0 aliphatic heterocycles. The van der Waals surface area contributed by atoms with E-state index in [1.54, 1.807) is 0 Å². The second kappa shape index (κ2) is 6.48. The van der Waals surface area contributed by atoms with Gasteiger partial charge in [0.25, 0.3) is 0 Å². The molecule has 0 saturated carbocycles. The summed E-state index contributed by atoms with van der Waals surface area (Å²) in [4.78, 5) is 18.0. The molecule has 1 unspecified atom stereocenters. The van der Waals surface area contributed by atoms with Gasteiger partial charge in [0.2, 0.25) is 0 Å². The molecule has 20 heavy (non-hydrogen) atoms. The normalized spacial score (nSPS) is 12.6. The number of hydrogen-bond acceptors (Lipinski definition) is 4. The molecule has 1 heterocycles. The second-order valence-electron chi connectivity index (χ2n) is 5.11. The van der Waals surface area contributed by atoms with Crippen molar-refractivity contribution in [3.05, 3.63) is 42.1 Å². The van der Waals surface area contributed by atoms with Crippen LogP contribution in [0.4, 0.5) is 0 Å². The van der Waals surface area contributed by atoms with Gasteiger partial charge in [0.15, 0.2) is 0 Å². The summed E-state index contributed by atoms with van der Waals surface area (Å²) < 4.78 is 4.76. The van der Waals surface area contributed by atoms with Crippen LogP contribution in [0.2, 0.25) is 0 Å². The number of para-hydroxylation sites is 1. The van der Waals surface area contributed by atoms with Crippen LogP contribution in [0.5, 0.6) is 0 Å². The number of fused-ring (bicyclic) bond motifs is 1. The molecule has 0 radical (unpaired) electrons. The number of carbonyl (C=O) groups is 1. The average molecular weight is 272 g/mol. The van der Waals surface area contributed by atoms with Crippen molar-refractivity contribution in [1.29, 1.82) is 0 Å². The van der Waals surface area contributed by atoms with E-state index in [0.717, 1.165) is 17.4 Å². The summed E-state index contributed by atoms with van der Waals surface area (Å²) in [5.41, 5.74) is 2.19. The van der Waals surface area contributed by atoms with E-state index in [-0.39, 0.29) is 11.9 Å². The van der Waals surface area contributed by atoms with Crippen LogP contribution in [0.25, 0.3) is 10.9 Å². The van der Waals surface area contributed by atoms with Crippen LogP contribution in [-0.4, -0.2) is 36.6 Å². The summed E-state index contributed by atoms with van der Waals surface area (Å²) in [6, 6.07) is 10.2. The second-order valence-corrected chi connectivity index (χ2v) is 5.11. The largest absolute Gasteiger partial charge is 0.469 e. The number of aromatic nitrogens is 1. The fraction of sp³-hybridized carbons (Fsp3) is 0.375. The minimum atomic E-state index is -0.173. The Kier molecular flexibility index (Phi) is 4.69. The van der Waals surface area contributed by atoms with Crippen molar-refractivity contribution in [3.8, 4) is 0 Å². The van der Waals surface area contributed by atoms with E-state index < -0.39 is 0 Å². The van der Waals surface area contributed by atoms with Crippen LogP contribution in [0.15, 0.2) is 36.5 Å². The fourth-order valence-corrected chi connectivity index (χ4v) is 2.39. The predicted molar refractivity (Wildman–Crippen MR) is 79.3 cm³/mol. The van der Waals surface area contributed by atoms with Crippen LogP contribution < -0.4 is 0 Å². The van der Waals surface area contributed by atoms with Crippen LogP contribution in [0, 0.1) is 5.92 Å². The summed E-state index contributed by atoms with van der Waals surface area (Å²) >= 11 is 0. The lowest BCUT2D eigenvalue weighted by Crippen LogP contribution is -2.29. The zero-order chi connectivity index (χ0) is 14.5. The maximum Gasteiger partial charge on any atom is 0.309 e. The monoisotopic (exact) mass is 272 g/mol. The lowest BCUT2D eigenvalue weighted by Gasteiger charge is -2.20. The third-order valence-electron chi connectivity index (χ3n) is 3.35. The Balaban J connectivity index is 2.10. The Hall–Kier alpha value is -1.94. The fourth-order valence-electron chi connectivity index (χ4n) is 2.39. The number of ether oxygens (including phenoxy) is 1. The van der Waals surface area contributed by atoms with Gasteiger partial charge in [-0.15, -0.1) is 0 Å². The molecule has 4 heteroatoms. The lowest BCUT2D eigenvalue weighted by atomic mass is 10.1. The third-order valence-corrected chi connectivity index (χ3v) is 3.35. The maximum absolute atomic E-state index is 11.5. The molecular weight excluding hydrogens is 252 g/mol. The van der Waals surface area contributed by atoms with Crippen molar-refractivity contribution in [2.45, 2.75) is 13.5 Å². The van der Waals surface area contributed by atoms with Crippen molar-refractivity contribution in [1.82, 2.24) is 9.88 Å². The molecular formula is C16H20N2O2. The van der Waals surface area contributed by atoms with Gasteiger partial charge in [-0.1, -0.05) is 31.2 Å². The Labute approximate surface area is 119 Å². The third kappa shape index (κ3) is 3.33. The molecule has 0 bridgehead atoms. The molecule has 0 N–H and O–H groups in total. The smallest absolute Gasteiger partial charge is 0.309 e. The number of hydrogen-bond donors (Lipinski definition) is 0. The van der Waals surface area contributed by atoms with Crippen molar-refractivity contribution in [2.75, 3.05) is 20.7 Å². The van der Waals surface area contributed by atoms with Gasteiger partial charge in [0.1, 0.15) is 0 Å². The van der Waals surface area contributed by atoms with Crippen LogP contribution in [0.3, 0.4) is 0 Å². The molecule has 0 spiro atoms. The number of nitrogens with zero attached hydrogens (tertiary/aromatic N) is 2. The van der Waals surface area contributed by atoms with E-state index in [2.05, 4.69) is 28.1 Å². The molecule has 106 valence electrons. The maximum atomic E-state index is 11.5. The summed E-state index contributed by atoms with van der Waals surface area (Å²) in [5, 5.41) is 1.14. The Morgan fingerprint density at radius 1 is 1.35 bits per heavy atom. The SMILES string of the molecule is COC(=O)C(C)CN(C)Cc1cccc2cccnc12. The first-order valence-corrected chi connectivity index (χ1v) is 6.71. The van der Waals surface area contributed by atoms with Gasteiger partial charge in [-0.05, 0) is 18.7 Å². The van der Waals surface area contributed by atoms with Gasteiger partial charge in [-0.3, -0.25) is 9.78 Å². The van der Waals surface area contributed by atoms with Crippen molar-refractivity contribution in [2.24, 2.45) is 5.92 Å². The highest BCUT2D eigenvalue weighted by Crippen LogP contribution is 2.17. The summed E-state index contributed by atoms with van der Waals surface area (Å²) in [7, 11) is 3.43. The molecule has 1 aromatic carbocycles. The highest BCUT2D eigenvalue weighted by molar-refractivity contribution is 5.81. The molecule has 0 aliphatic carbocycles. The van der Waals surface area contributed by atoms with Gasteiger partial charge in [-0.2, -0.15) is 0 Å². The molecule has 0 fully saturated rings. The van der Waals surface area contributed by atoms with Crippen molar-refractivity contribution < 1.29 is 9.53 Å². The topological polar surface area (TPSA) is 42.4 Å². The van der Waals surface area contributed by atoms with Gasteiger partial charge < -0.3 is 9.64 Å². The summed E-state index contributed by atoms with van der Waals surface area (Å²) in [5.74, 6) is -0.305. The van der Waals surface area contributed by atoms with E-state index in [1.165, 1.54) is 12.7 Å². The molecule has 4 nitrogen and oxygen atoms in total. The number of benzene rings is 1. The average Bonchev–Trinajstić information content (AvgIpc) is 2.46. The summed E-state index contributed by atoms with van der Waals surface area (Å²) in [6.45, 7) is 3.30. The Bertz CT molecular complexity index is 593. The lowest BCUT2D eigenvalue weighted by molar-refractivity contribution is -0.145. The number of carbonyl (C=O) groups excluding carboxylic acids is 1. The number of esters is 1. The van der Waals surface area contributed by atoms with Crippen LogP contribution >= 0.6 is 0 Å². The highest BCUT2D eigenvalue weighted by Gasteiger charge is 2.16. The van der Waals surface area contributed by atoms with Crippen LogP contribution in [-0.2, 0) is 16.1 Å². The van der Waals surface area contributed by atoms with E-state index in [9.17, 15) is 4.79 Å². The predicted octanol–water partition coefficient (Wildman–Crippen LogP) is 2.48. The molecule has 0 amide bonds. The van der Waals surface area contributed by atoms with Crippen molar-refractivity contribution >= 4 is 16.9 Å². The van der Waals surface area contributed by atoms with Crippen LogP contribution in [0.1, 0.15) is 12.5 Å². The van der Waals surface area contributed by atoms with Gasteiger partial charge >= 0.3 is 5.97 Å². The highest BCUT2D eigenvalue weighted by atomic mass is 16.5. The summed E-state index contributed by atoms with van der Waals surface area (Å²) in [6.07, 6.45) is 1.81. The molecule has 1 aromatic heterocycles. The molecule has 1 atom stereocenters. The van der Waals surface area contributed by atoms with E-state index in [0.29, 0.717) is 6.54 Å². The Morgan fingerprint density at radius 3 is 2.85 bits per heavy atom. The molecule has 0 aliphatic rings. The molecule has 2 rings (SSSR count). The number of pyridine rings is 1. The van der Waals surface area contributed by atoms with E-state index in [4.69, 9.17) is 4.74 Å². The molecule has 2 aromatic rings. The zero-order valence-corrected chi connectivity index (χ0v) is 12.2. The van der Waals surface area contributed by atoms with Gasteiger partial charge in [0, 0.05) is 24.7 Å². The van der Waals surface area contributed by atoms with E-state index >= 15 is 0 Å². The number of rotatable bonds is 5. The van der Waals surface area contributed by atoms with Crippen molar-refractivity contribution in [3.63, 3.8) is 0 Å². The first-order valence-electron chi connectivity index (χ1n) is 6.71. The van der Waals surface area contributed by atoms with E-state index in [1.807, 2.05) is 32.3 Å². The zero-order valence-electron chi connectivity index (χ0n) is 12.2. The van der Waals surface area contributed by atoms with Gasteiger partial charge in [0.05, 0.1) is 18.5 Å². The van der Waals surface area contributed by atoms with Gasteiger partial charge in [-0.25, -0.2) is 0 Å². The Morgan fingerprint density at radius 2 is 2.10 bits per heavy atom. The first-order chi connectivity index (χ1) is 9.61. The first kappa shape index (κ1) is 14.5. The minimum Gasteiger partial charge on any atom is -0.469 e.